The predicted octanol–water partition coefficient (Wildman–Crippen LogP) is 4.03. The Morgan fingerprint density at radius 2 is 2.23 bits per heavy atom. The third-order valence-corrected chi connectivity index (χ3v) is 6.27. The molecule has 2 heterocycles. The molecule has 1 unspecified atom stereocenters. The molecule has 1 aliphatic carbocycles. The van der Waals surface area contributed by atoms with Crippen molar-refractivity contribution in [2.24, 2.45) is 11.3 Å². The monoisotopic (exact) mass is 338 g/mol. The van der Waals surface area contributed by atoms with Crippen LogP contribution in [0.3, 0.4) is 0 Å². The van der Waals surface area contributed by atoms with E-state index in [1.54, 1.807) is 11.3 Å². The fourth-order valence-corrected chi connectivity index (χ4v) is 4.50. The van der Waals surface area contributed by atoms with Gasteiger partial charge in [-0.3, -0.25) is 0 Å². The summed E-state index contributed by atoms with van der Waals surface area (Å²) >= 11 is 3.17. The average Bonchev–Trinajstić information content (AvgIpc) is 3.09. The zero-order valence-corrected chi connectivity index (χ0v) is 14.9. The molecule has 1 atom stereocenters. The molecule has 2 aromatic heterocycles. The van der Waals surface area contributed by atoms with Crippen molar-refractivity contribution in [2.45, 2.75) is 45.3 Å². The minimum absolute atomic E-state index is 0.115. The van der Waals surface area contributed by atoms with Crippen LogP contribution < -0.4 is 0 Å². The first kappa shape index (κ1) is 16.0. The van der Waals surface area contributed by atoms with Crippen LogP contribution in [-0.4, -0.2) is 27.7 Å². The first-order valence-corrected chi connectivity index (χ1v) is 9.46. The van der Waals surface area contributed by atoms with Gasteiger partial charge in [0.05, 0.1) is 11.5 Å². The third-order valence-electron chi connectivity index (χ3n) is 4.24. The second-order valence-electron chi connectivity index (χ2n) is 6.81. The largest absolute Gasteiger partial charge is 0.410 e. The van der Waals surface area contributed by atoms with Gasteiger partial charge in [0.1, 0.15) is 0 Å². The molecule has 6 heteroatoms. The maximum Gasteiger partial charge on any atom is 0.276 e. The number of aliphatic hydroxyl groups excluding tert-OH is 1. The molecule has 1 aliphatic rings. The van der Waals surface area contributed by atoms with Crippen molar-refractivity contribution in [1.29, 1.82) is 0 Å². The predicted molar refractivity (Wildman–Crippen MR) is 90.4 cm³/mol. The van der Waals surface area contributed by atoms with Crippen molar-refractivity contribution >= 4 is 23.1 Å². The average molecular weight is 338 g/mol. The van der Waals surface area contributed by atoms with Crippen LogP contribution in [0.25, 0.3) is 10.8 Å². The zero-order chi connectivity index (χ0) is 15.7. The molecule has 0 fully saturated rings. The van der Waals surface area contributed by atoms with E-state index in [0.717, 1.165) is 23.6 Å². The van der Waals surface area contributed by atoms with Gasteiger partial charge in [0.25, 0.3) is 11.1 Å². The van der Waals surface area contributed by atoms with Crippen molar-refractivity contribution in [1.82, 2.24) is 10.2 Å². The normalized spacial score (nSPS) is 18.5. The molecule has 0 aromatic carbocycles. The van der Waals surface area contributed by atoms with Crippen LogP contribution in [-0.2, 0) is 12.8 Å². The SMILES string of the molecule is CC(C)(C)C1CCc2sc(-c3nnc(SCCO)o3)cc2C1. The van der Waals surface area contributed by atoms with E-state index >= 15 is 0 Å². The van der Waals surface area contributed by atoms with E-state index in [1.165, 1.54) is 28.6 Å². The molecule has 0 bridgehead atoms. The molecular weight excluding hydrogens is 316 g/mol. The van der Waals surface area contributed by atoms with Gasteiger partial charge in [-0.25, -0.2) is 0 Å². The summed E-state index contributed by atoms with van der Waals surface area (Å²) in [5.74, 6) is 1.92. The van der Waals surface area contributed by atoms with Crippen molar-refractivity contribution in [3.63, 3.8) is 0 Å². The van der Waals surface area contributed by atoms with Crippen molar-refractivity contribution in [3.8, 4) is 10.8 Å². The van der Waals surface area contributed by atoms with Gasteiger partial charge in [-0.1, -0.05) is 32.5 Å². The van der Waals surface area contributed by atoms with Crippen LogP contribution in [0.4, 0.5) is 0 Å². The summed E-state index contributed by atoms with van der Waals surface area (Å²) in [4.78, 5) is 2.54. The zero-order valence-electron chi connectivity index (χ0n) is 13.3. The first-order chi connectivity index (χ1) is 10.5. The smallest absolute Gasteiger partial charge is 0.276 e. The molecule has 4 nitrogen and oxygen atoms in total. The molecule has 2 aromatic rings. The number of thiophene rings is 1. The van der Waals surface area contributed by atoms with Gasteiger partial charge in [0.15, 0.2) is 0 Å². The van der Waals surface area contributed by atoms with E-state index < -0.39 is 0 Å². The van der Waals surface area contributed by atoms with E-state index in [-0.39, 0.29) is 6.61 Å². The van der Waals surface area contributed by atoms with Gasteiger partial charge in [0, 0.05) is 10.6 Å². The van der Waals surface area contributed by atoms with Crippen molar-refractivity contribution in [2.75, 3.05) is 12.4 Å². The molecule has 0 radical (unpaired) electrons. The van der Waals surface area contributed by atoms with E-state index in [4.69, 9.17) is 9.52 Å². The van der Waals surface area contributed by atoms with Gasteiger partial charge in [-0.2, -0.15) is 0 Å². The number of aryl methyl sites for hydroxylation is 1. The van der Waals surface area contributed by atoms with Crippen LogP contribution in [0, 0.1) is 11.3 Å². The summed E-state index contributed by atoms with van der Waals surface area (Å²) in [6, 6.07) is 2.23. The minimum Gasteiger partial charge on any atom is -0.410 e. The van der Waals surface area contributed by atoms with Crippen LogP contribution in [0.5, 0.6) is 0 Å². The van der Waals surface area contributed by atoms with Gasteiger partial charge in [-0.15, -0.1) is 21.5 Å². The lowest BCUT2D eigenvalue weighted by atomic mass is 9.72. The summed E-state index contributed by atoms with van der Waals surface area (Å²) in [5.41, 5.74) is 1.81. The summed E-state index contributed by atoms with van der Waals surface area (Å²) < 4.78 is 5.68. The maximum atomic E-state index is 8.84. The molecule has 22 heavy (non-hydrogen) atoms. The molecular formula is C16H22N2O2S2. The molecule has 0 saturated heterocycles. The Hall–Kier alpha value is -0.850. The Bertz CT molecular complexity index is 643. The number of hydrogen-bond donors (Lipinski definition) is 1. The van der Waals surface area contributed by atoms with E-state index in [1.807, 2.05) is 0 Å². The molecule has 1 N–H and O–H groups in total. The molecule has 0 saturated carbocycles. The second kappa shape index (κ2) is 6.34. The molecule has 3 rings (SSSR count). The fraction of sp³-hybridized carbons (Fsp3) is 0.625. The van der Waals surface area contributed by atoms with E-state index in [9.17, 15) is 0 Å². The Kier molecular flexibility index (Phi) is 4.61. The van der Waals surface area contributed by atoms with Gasteiger partial charge < -0.3 is 9.52 Å². The van der Waals surface area contributed by atoms with Gasteiger partial charge in [-0.05, 0) is 42.2 Å². The quantitative estimate of drug-likeness (QED) is 0.853. The Labute approximate surface area is 139 Å². The number of thioether (sulfide) groups is 1. The first-order valence-electron chi connectivity index (χ1n) is 7.66. The number of rotatable bonds is 4. The lowest BCUT2D eigenvalue weighted by Crippen LogP contribution is -2.26. The fourth-order valence-electron chi connectivity index (χ4n) is 2.87. The van der Waals surface area contributed by atoms with E-state index in [2.05, 4.69) is 37.0 Å². The van der Waals surface area contributed by atoms with Crippen LogP contribution in [0.2, 0.25) is 0 Å². The highest BCUT2D eigenvalue weighted by molar-refractivity contribution is 7.99. The standard InChI is InChI=1S/C16H22N2O2S2/c1-16(2,3)11-4-5-12-10(8-11)9-13(22-12)14-17-18-15(20-14)21-7-6-19/h9,11,19H,4-8H2,1-3H3. The lowest BCUT2D eigenvalue weighted by molar-refractivity contribution is 0.217. The highest BCUT2D eigenvalue weighted by atomic mass is 32.2. The number of fused-ring (bicyclic) bond motifs is 1. The highest BCUT2D eigenvalue weighted by Gasteiger charge is 2.30. The number of nitrogens with zero attached hydrogens (tertiary/aromatic N) is 2. The second-order valence-corrected chi connectivity index (χ2v) is 8.99. The molecule has 0 spiro atoms. The number of aliphatic hydroxyl groups is 1. The van der Waals surface area contributed by atoms with E-state index in [0.29, 0.717) is 22.3 Å². The summed E-state index contributed by atoms with van der Waals surface area (Å²) in [7, 11) is 0. The lowest BCUT2D eigenvalue weighted by Gasteiger charge is -2.33. The molecule has 120 valence electrons. The van der Waals surface area contributed by atoms with Gasteiger partial charge in [0.2, 0.25) is 0 Å². The van der Waals surface area contributed by atoms with Crippen LogP contribution in [0.15, 0.2) is 15.7 Å². The molecule has 0 aliphatic heterocycles. The number of hydrogen-bond acceptors (Lipinski definition) is 6. The van der Waals surface area contributed by atoms with Gasteiger partial charge >= 0.3 is 0 Å². The Morgan fingerprint density at radius 1 is 1.41 bits per heavy atom. The van der Waals surface area contributed by atoms with Crippen molar-refractivity contribution < 1.29 is 9.52 Å². The summed E-state index contributed by atoms with van der Waals surface area (Å²) in [6.07, 6.45) is 3.57. The van der Waals surface area contributed by atoms with Crippen LogP contribution >= 0.6 is 23.1 Å². The highest BCUT2D eigenvalue weighted by Crippen LogP contribution is 2.42. The van der Waals surface area contributed by atoms with Crippen molar-refractivity contribution in [3.05, 3.63) is 16.5 Å². The molecule has 0 amide bonds. The summed E-state index contributed by atoms with van der Waals surface area (Å²) in [5, 5.41) is 17.5. The topological polar surface area (TPSA) is 59.2 Å². The third kappa shape index (κ3) is 3.39. The minimum atomic E-state index is 0.115. The summed E-state index contributed by atoms with van der Waals surface area (Å²) in [6.45, 7) is 7.11. The Morgan fingerprint density at radius 3 is 2.95 bits per heavy atom. The Balaban J connectivity index is 1.78. The maximum absolute atomic E-state index is 8.84. The van der Waals surface area contributed by atoms with Crippen LogP contribution in [0.1, 0.15) is 37.6 Å². The number of aromatic nitrogens is 2.